The molecule has 1 aliphatic rings. The van der Waals surface area contributed by atoms with Gasteiger partial charge >= 0.3 is 0 Å². The highest BCUT2D eigenvalue weighted by Gasteiger charge is 2.25. The Morgan fingerprint density at radius 1 is 1.36 bits per heavy atom. The highest BCUT2D eigenvalue weighted by Crippen LogP contribution is 2.31. The quantitative estimate of drug-likeness (QED) is 0.788. The Morgan fingerprint density at radius 2 is 2.27 bits per heavy atom. The molecule has 4 rings (SSSR count). The van der Waals surface area contributed by atoms with Crippen LogP contribution in [0, 0.1) is 0 Å². The summed E-state index contributed by atoms with van der Waals surface area (Å²) in [5, 5.41) is 3.15. The van der Waals surface area contributed by atoms with Crippen LogP contribution in [0.4, 0.5) is 0 Å². The maximum absolute atomic E-state index is 12.5. The van der Waals surface area contributed by atoms with Crippen LogP contribution in [0.2, 0.25) is 0 Å². The van der Waals surface area contributed by atoms with Gasteiger partial charge in [0.05, 0.1) is 18.5 Å². The van der Waals surface area contributed by atoms with E-state index in [1.54, 1.807) is 7.11 Å². The van der Waals surface area contributed by atoms with E-state index in [1.165, 1.54) is 22.3 Å². The topological polar surface area (TPSA) is 45.3 Å². The van der Waals surface area contributed by atoms with E-state index in [4.69, 9.17) is 4.74 Å². The number of H-pyrrole nitrogens is 1. The predicted molar refractivity (Wildman–Crippen MR) is 87.6 cm³/mol. The largest absolute Gasteiger partial charge is 0.497 e. The van der Waals surface area contributed by atoms with Gasteiger partial charge in [0.1, 0.15) is 5.75 Å². The molecule has 0 atom stereocenters. The van der Waals surface area contributed by atoms with Crippen LogP contribution in [0.5, 0.6) is 5.75 Å². The van der Waals surface area contributed by atoms with Gasteiger partial charge in [-0.05, 0) is 41.6 Å². The summed E-state index contributed by atoms with van der Waals surface area (Å²) in [6, 6.07) is 9.87. The van der Waals surface area contributed by atoms with Gasteiger partial charge in [0, 0.05) is 23.1 Å². The molecule has 4 nitrogen and oxygen atoms in total. The third-order valence-corrected chi connectivity index (χ3v) is 5.06. The first kappa shape index (κ1) is 13.4. The molecule has 3 aromatic rings. The van der Waals surface area contributed by atoms with Gasteiger partial charge in [-0.15, -0.1) is 11.3 Å². The van der Waals surface area contributed by atoms with Gasteiger partial charge in [0.15, 0.2) is 0 Å². The van der Waals surface area contributed by atoms with E-state index in [0.717, 1.165) is 34.8 Å². The van der Waals surface area contributed by atoms with Crippen molar-refractivity contribution in [1.29, 1.82) is 0 Å². The minimum atomic E-state index is 0.122. The van der Waals surface area contributed by atoms with E-state index in [0.29, 0.717) is 6.54 Å². The minimum Gasteiger partial charge on any atom is -0.497 e. The molecule has 5 heteroatoms. The second-order valence-corrected chi connectivity index (χ2v) is 6.40. The van der Waals surface area contributed by atoms with Gasteiger partial charge in [-0.2, -0.15) is 0 Å². The Kier molecular flexibility index (Phi) is 3.15. The number of aromatic amines is 1. The van der Waals surface area contributed by atoms with Crippen LogP contribution in [0.15, 0.2) is 35.7 Å². The molecular formula is C17H16N2O2S. The van der Waals surface area contributed by atoms with Crippen LogP contribution in [-0.4, -0.2) is 29.4 Å². The Hall–Kier alpha value is -2.27. The van der Waals surface area contributed by atoms with Crippen LogP contribution >= 0.6 is 11.3 Å². The number of nitrogens with one attached hydrogen (secondary N) is 1. The summed E-state index contributed by atoms with van der Waals surface area (Å²) in [7, 11) is 1.68. The molecule has 0 bridgehead atoms. The molecule has 0 radical (unpaired) electrons. The fourth-order valence-electron chi connectivity index (χ4n) is 3.08. The Morgan fingerprint density at radius 3 is 3.05 bits per heavy atom. The molecule has 1 aromatic carbocycles. The highest BCUT2D eigenvalue weighted by molar-refractivity contribution is 7.12. The number of hydrogen-bond donors (Lipinski definition) is 1. The van der Waals surface area contributed by atoms with E-state index >= 15 is 0 Å². The standard InChI is InChI=1S/C17H16N2O2S/c1-21-11-4-5-14-13(9-11)12-6-7-19(10-15(12)18-14)17(20)16-3-2-8-22-16/h2-5,8-9,18H,6-7,10H2,1H3. The molecule has 0 fully saturated rings. The second-order valence-electron chi connectivity index (χ2n) is 5.45. The van der Waals surface area contributed by atoms with Crippen LogP contribution < -0.4 is 4.74 Å². The number of carbonyl (C=O) groups is 1. The summed E-state index contributed by atoms with van der Waals surface area (Å²) in [5.74, 6) is 0.989. The smallest absolute Gasteiger partial charge is 0.264 e. The Bertz CT molecular complexity index is 836. The van der Waals surface area contributed by atoms with Crippen molar-refractivity contribution in [3.8, 4) is 5.75 Å². The molecule has 22 heavy (non-hydrogen) atoms. The number of amides is 1. The number of fused-ring (bicyclic) bond motifs is 3. The molecule has 1 aliphatic heterocycles. The zero-order valence-corrected chi connectivity index (χ0v) is 13.1. The number of ether oxygens (including phenoxy) is 1. The van der Waals surface area contributed by atoms with Crippen molar-refractivity contribution in [2.75, 3.05) is 13.7 Å². The summed E-state index contributed by atoms with van der Waals surface area (Å²) < 4.78 is 5.31. The number of aromatic nitrogens is 1. The average Bonchev–Trinajstić information content (AvgIpc) is 3.20. The first-order valence-electron chi connectivity index (χ1n) is 7.26. The number of benzene rings is 1. The summed E-state index contributed by atoms with van der Waals surface area (Å²) in [5.41, 5.74) is 3.56. The molecule has 112 valence electrons. The molecule has 0 unspecified atom stereocenters. The number of thiophene rings is 1. The summed E-state index contributed by atoms with van der Waals surface area (Å²) in [6.07, 6.45) is 0.875. The van der Waals surface area contributed by atoms with Gasteiger partial charge in [-0.1, -0.05) is 6.07 Å². The first-order chi connectivity index (χ1) is 10.8. The first-order valence-corrected chi connectivity index (χ1v) is 8.14. The fraction of sp³-hybridized carbons (Fsp3) is 0.235. The molecule has 0 saturated carbocycles. The van der Waals surface area contributed by atoms with Gasteiger partial charge in [-0.25, -0.2) is 0 Å². The van der Waals surface area contributed by atoms with Crippen molar-refractivity contribution in [3.05, 3.63) is 51.8 Å². The summed E-state index contributed by atoms with van der Waals surface area (Å²) in [4.78, 5) is 18.7. The number of nitrogens with zero attached hydrogens (tertiary/aromatic N) is 1. The monoisotopic (exact) mass is 312 g/mol. The third kappa shape index (κ3) is 2.09. The zero-order valence-electron chi connectivity index (χ0n) is 12.3. The van der Waals surface area contributed by atoms with Gasteiger partial charge < -0.3 is 14.6 Å². The lowest BCUT2D eigenvalue weighted by Gasteiger charge is -2.26. The Balaban J connectivity index is 1.68. The molecule has 1 amide bonds. The maximum atomic E-state index is 12.5. The van der Waals surface area contributed by atoms with Crippen molar-refractivity contribution in [2.24, 2.45) is 0 Å². The summed E-state index contributed by atoms with van der Waals surface area (Å²) in [6.45, 7) is 1.40. The number of methoxy groups -OCH3 is 1. The predicted octanol–water partition coefficient (Wildman–Crippen LogP) is 3.44. The van der Waals surface area contributed by atoms with Gasteiger partial charge in [-0.3, -0.25) is 4.79 Å². The van der Waals surface area contributed by atoms with Crippen LogP contribution in [0.3, 0.4) is 0 Å². The van der Waals surface area contributed by atoms with Crippen molar-refractivity contribution >= 4 is 28.1 Å². The lowest BCUT2D eigenvalue weighted by molar-refractivity contribution is 0.0738. The lowest BCUT2D eigenvalue weighted by atomic mass is 10.0. The fourth-order valence-corrected chi connectivity index (χ4v) is 3.77. The third-order valence-electron chi connectivity index (χ3n) is 4.20. The van der Waals surface area contributed by atoms with Crippen LogP contribution in [0.1, 0.15) is 20.9 Å². The van der Waals surface area contributed by atoms with Crippen molar-refractivity contribution < 1.29 is 9.53 Å². The van der Waals surface area contributed by atoms with E-state index < -0.39 is 0 Å². The van der Waals surface area contributed by atoms with E-state index in [-0.39, 0.29) is 5.91 Å². The van der Waals surface area contributed by atoms with Crippen molar-refractivity contribution in [2.45, 2.75) is 13.0 Å². The van der Waals surface area contributed by atoms with E-state index in [2.05, 4.69) is 11.1 Å². The van der Waals surface area contributed by atoms with Gasteiger partial charge in [0.2, 0.25) is 0 Å². The maximum Gasteiger partial charge on any atom is 0.264 e. The molecule has 2 aromatic heterocycles. The van der Waals surface area contributed by atoms with E-state index in [1.807, 2.05) is 34.5 Å². The number of rotatable bonds is 2. The van der Waals surface area contributed by atoms with E-state index in [9.17, 15) is 4.79 Å². The second kappa shape index (κ2) is 5.18. The molecule has 0 aliphatic carbocycles. The highest BCUT2D eigenvalue weighted by atomic mass is 32.1. The molecule has 1 N–H and O–H groups in total. The Labute approximate surface area is 132 Å². The lowest BCUT2D eigenvalue weighted by Crippen LogP contribution is -2.35. The van der Waals surface area contributed by atoms with Crippen LogP contribution in [0.25, 0.3) is 10.9 Å². The minimum absolute atomic E-state index is 0.122. The molecular weight excluding hydrogens is 296 g/mol. The van der Waals surface area contributed by atoms with Crippen LogP contribution in [-0.2, 0) is 13.0 Å². The van der Waals surface area contributed by atoms with Crippen molar-refractivity contribution in [3.63, 3.8) is 0 Å². The molecule has 0 saturated heterocycles. The normalized spacial score (nSPS) is 14.1. The number of carbonyl (C=O) groups excluding carboxylic acids is 1. The SMILES string of the molecule is COc1ccc2[nH]c3c(c2c1)CCN(C(=O)c1cccs1)C3. The van der Waals surface area contributed by atoms with Crippen molar-refractivity contribution in [1.82, 2.24) is 9.88 Å². The molecule has 3 heterocycles. The average molecular weight is 312 g/mol. The summed E-state index contributed by atoms with van der Waals surface area (Å²) >= 11 is 1.50. The van der Waals surface area contributed by atoms with Gasteiger partial charge in [0.25, 0.3) is 5.91 Å². The zero-order chi connectivity index (χ0) is 15.1. The molecule has 0 spiro atoms. The number of hydrogen-bond acceptors (Lipinski definition) is 3.